The van der Waals surface area contributed by atoms with Gasteiger partial charge in [0.2, 0.25) is 5.88 Å². The maximum atomic E-state index is 15.4. The largest absolute Gasteiger partial charge is 0.473 e. The van der Waals surface area contributed by atoms with Crippen LogP contribution in [0.4, 0.5) is 32.8 Å². The first-order valence-electron chi connectivity index (χ1n) is 22.9. The Morgan fingerprint density at radius 2 is 1.74 bits per heavy atom. The summed E-state index contributed by atoms with van der Waals surface area (Å²) in [7, 11) is -4.72. The van der Waals surface area contributed by atoms with Crippen molar-refractivity contribution in [2.24, 2.45) is 5.41 Å². The zero-order valence-corrected chi connectivity index (χ0v) is 39.9. The molecule has 16 nitrogen and oxygen atoms in total. The van der Waals surface area contributed by atoms with Crippen molar-refractivity contribution in [1.82, 2.24) is 19.6 Å². The average molecular weight is 972 g/mol. The van der Waals surface area contributed by atoms with Crippen LogP contribution in [0.1, 0.15) is 68.8 Å². The second kappa shape index (κ2) is 18.6. The van der Waals surface area contributed by atoms with Gasteiger partial charge >= 0.3 is 0 Å². The highest BCUT2D eigenvalue weighted by Crippen LogP contribution is 2.45. The van der Waals surface area contributed by atoms with Crippen molar-refractivity contribution >= 4 is 72.6 Å². The molecular weight excluding hydrogens is 915 g/mol. The van der Waals surface area contributed by atoms with Crippen molar-refractivity contribution in [2.45, 2.75) is 69.0 Å². The van der Waals surface area contributed by atoms with E-state index in [1.165, 1.54) is 22.8 Å². The Morgan fingerprint density at radius 1 is 0.985 bits per heavy atom. The van der Waals surface area contributed by atoms with Crippen LogP contribution in [-0.4, -0.2) is 116 Å². The van der Waals surface area contributed by atoms with Crippen LogP contribution in [0.2, 0.25) is 5.02 Å². The monoisotopic (exact) mass is 970 g/mol. The molecule has 3 aromatic carbocycles. The second-order valence-corrected chi connectivity index (χ2v) is 21.6. The van der Waals surface area contributed by atoms with E-state index in [2.05, 4.69) is 55.8 Å². The molecule has 0 unspecified atom stereocenters. The highest BCUT2D eigenvalue weighted by Gasteiger charge is 2.37. The molecule has 0 saturated carbocycles. The molecular formula is C49H56ClFN8O8S. The number of fused-ring (bicyclic) bond motifs is 2. The van der Waals surface area contributed by atoms with Gasteiger partial charge in [-0.25, -0.2) is 17.5 Å². The van der Waals surface area contributed by atoms with Gasteiger partial charge in [0.05, 0.1) is 27.6 Å². The molecule has 2 aromatic heterocycles. The van der Waals surface area contributed by atoms with Gasteiger partial charge in [-0.15, -0.1) is 0 Å². The van der Waals surface area contributed by atoms with E-state index < -0.39 is 42.7 Å². The predicted octanol–water partition coefficient (Wildman–Crippen LogP) is 8.24. The minimum Gasteiger partial charge on any atom is -0.473 e. The summed E-state index contributed by atoms with van der Waals surface area (Å²) in [6.07, 6.45) is 5.06. The molecule has 19 heteroatoms. The highest BCUT2D eigenvalue weighted by atomic mass is 35.5. The number of halogens is 2. The maximum Gasteiger partial charge on any atom is 0.293 e. The third kappa shape index (κ3) is 10.3. The van der Waals surface area contributed by atoms with Crippen LogP contribution < -0.4 is 24.6 Å². The summed E-state index contributed by atoms with van der Waals surface area (Å²) < 4.78 is 56.8. The van der Waals surface area contributed by atoms with Crippen LogP contribution in [-0.2, 0) is 14.8 Å². The number of nitrogens with one attached hydrogen (secondary N) is 3. The SMILES string of the molecule is CC1(C)CCC(CN2CCN(c3ccc(C(=O)NS(=O)(=O)c4ccc(NCC5(F)CCOCC5)c([N+](=O)[O-])c4)c(N4C[C@](C)(O)COc5nc6[nH]ccc6cc54)c3)CC2)=C(c2ccc(Cl)cc2)C1. The van der Waals surface area contributed by atoms with Crippen LogP contribution in [0, 0.1) is 15.5 Å². The number of aliphatic hydroxyl groups is 1. The average Bonchev–Trinajstić information content (AvgIpc) is 3.72. The van der Waals surface area contributed by atoms with E-state index in [1.54, 1.807) is 30.2 Å². The Balaban J connectivity index is 1.01. The Hall–Kier alpha value is -5.79. The number of rotatable bonds is 12. The van der Waals surface area contributed by atoms with Gasteiger partial charge in [0.1, 0.15) is 34.9 Å². The normalized spacial score (nSPS) is 20.9. The number of ether oxygens (including phenoxy) is 2. The summed E-state index contributed by atoms with van der Waals surface area (Å²) in [5.74, 6) is -0.812. The van der Waals surface area contributed by atoms with E-state index in [-0.39, 0.29) is 74.0 Å². The first-order chi connectivity index (χ1) is 32.3. The maximum absolute atomic E-state index is 15.4. The molecule has 1 aliphatic carbocycles. The molecule has 2 saturated heterocycles. The number of carbonyl (C=O) groups excluding carboxylic acids is 1. The fourth-order valence-corrected chi connectivity index (χ4v) is 10.7. The van der Waals surface area contributed by atoms with Crippen molar-refractivity contribution in [3.05, 3.63) is 111 Å². The summed E-state index contributed by atoms with van der Waals surface area (Å²) >= 11 is 6.27. The van der Waals surface area contributed by atoms with E-state index in [0.29, 0.717) is 29.4 Å². The van der Waals surface area contributed by atoms with Crippen LogP contribution in [0.5, 0.6) is 5.88 Å². The van der Waals surface area contributed by atoms with Crippen molar-refractivity contribution in [3.8, 4) is 5.88 Å². The minimum absolute atomic E-state index is 0.0480. The molecule has 2 fully saturated rings. The molecule has 5 heterocycles. The van der Waals surface area contributed by atoms with Crippen LogP contribution in [0.3, 0.4) is 0 Å². The van der Waals surface area contributed by atoms with E-state index in [1.807, 2.05) is 30.3 Å². The summed E-state index contributed by atoms with van der Waals surface area (Å²) in [6, 6.07) is 20.1. The molecule has 3 aliphatic heterocycles. The molecule has 68 heavy (non-hydrogen) atoms. The number of alkyl halides is 1. The lowest BCUT2D eigenvalue weighted by Gasteiger charge is -2.39. The summed E-state index contributed by atoms with van der Waals surface area (Å²) in [6.45, 7) is 9.99. The van der Waals surface area contributed by atoms with Crippen molar-refractivity contribution in [1.29, 1.82) is 0 Å². The first kappa shape index (κ1) is 47.3. The number of H-pyrrole nitrogens is 1. The number of aromatic amines is 1. The Labute approximate surface area is 399 Å². The summed E-state index contributed by atoms with van der Waals surface area (Å²) in [5.41, 5.74) is 2.45. The second-order valence-electron chi connectivity index (χ2n) is 19.5. The van der Waals surface area contributed by atoms with Gasteiger partial charge in [-0.2, -0.15) is 4.98 Å². The molecule has 1 amide bonds. The first-order valence-corrected chi connectivity index (χ1v) is 24.8. The number of hydrogen-bond donors (Lipinski definition) is 4. The number of pyridine rings is 1. The number of aromatic nitrogens is 2. The van der Waals surface area contributed by atoms with Crippen molar-refractivity contribution < 1.29 is 37.1 Å². The fourth-order valence-electron chi connectivity index (χ4n) is 9.58. The third-order valence-electron chi connectivity index (χ3n) is 13.5. The molecule has 5 aromatic rings. The zero-order chi connectivity index (χ0) is 48.0. The minimum atomic E-state index is -4.72. The molecule has 0 bridgehead atoms. The Kier molecular flexibility index (Phi) is 12.9. The molecule has 0 radical (unpaired) electrons. The molecule has 4 N–H and O–H groups in total. The van der Waals surface area contributed by atoms with Crippen LogP contribution in [0.25, 0.3) is 16.6 Å². The van der Waals surface area contributed by atoms with Gasteiger partial charge in [-0.1, -0.05) is 43.2 Å². The molecule has 0 spiro atoms. The van der Waals surface area contributed by atoms with E-state index in [0.717, 1.165) is 62.1 Å². The number of nitro benzene ring substituents is 1. The molecule has 4 aliphatic rings. The Bertz CT molecular complexity index is 2880. The fraction of sp³-hybridized carbons (Fsp3) is 0.429. The highest BCUT2D eigenvalue weighted by molar-refractivity contribution is 7.90. The van der Waals surface area contributed by atoms with E-state index in [9.17, 15) is 28.4 Å². The van der Waals surface area contributed by atoms with Crippen LogP contribution >= 0.6 is 11.6 Å². The quantitative estimate of drug-likeness (QED) is 0.0690. The number of nitrogens with zero attached hydrogens (tertiary/aromatic N) is 5. The van der Waals surface area contributed by atoms with Gasteiger partial charge in [0.15, 0.2) is 0 Å². The third-order valence-corrected chi connectivity index (χ3v) is 15.1. The van der Waals surface area contributed by atoms with Crippen molar-refractivity contribution in [3.63, 3.8) is 0 Å². The van der Waals surface area contributed by atoms with Gasteiger partial charge in [0.25, 0.3) is 21.6 Å². The van der Waals surface area contributed by atoms with E-state index >= 15 is 4.39 Å². The Morgan fingerprint density at radius 3 is 2.47 bits per heavy atom. The lowest BCUT2D eigenvalue weighted by atomic mass is 9.72. The molecule has 1 atom stereocenters. The van der Waals surface area contributed by atoms with Crippen molar-refractivity contribution in [2.75, 3.05) is 80.8 Å². The zero-order valence-electron chi connectivity index (χ0n) is 38.3. The topological polar surface area (TPSA) is 195 Å². The van der Waals surface area contributed by atoms with Gasteiger partial charge < -0.3 is 34.7 Å². The number of amides is 1. The number of benzene rings is 3. The van der Waals surface area contributed by atoms with Gasteiger partial charge in [-0.3, -0.25) is 19.8 Å². The molecule has 360 valence electrons. The number of carbonyl (C=O) groups is 1. The lowest BCUT2D eigenvalue weighted by molar-refractivity contribution is -0.384. The number of piperazine rings is 1. The van der Waals surface area contributed by atoms with E-state index in [4.69, 9.17) is 21.1 Å². The van der Waals surface area contributed by atoms with Gasteiger partial charge in [0, 0.05) is 93.7 Å². The summed E-state index contributed by atoms with van der Waals surface area (Å²) in [4.78, 5) is 39.6. The number of β-amino-alcohol motifs (C(OH)–C–C–N with tert-alkyl or cyclic N) is 1. The predicted molar refractivity (Wildman–Crippen MR) is 260 cm³/mol. The number of anilines is 4. The smallest absolute Gasteiger partial charge is 0.293 e. The number of nitro groups is 1. The van der Waals surface area contributed by atoms with Gasteiger partial charge in [-0.05, 0) is 97.3 Å². The number of sulfonamides is 1. The lowest BCUT2D eigenvalue weighted by Crippen LogP contribution is -2.47. The van der Waals surface area contributed by atoms with Crippen LogP contribution in [0.15, 0.2) is 89.5 Å². The number of allylic oxidation sites excluding steroid dienone is 1. The standard InChI is InChI=1S/C49H56ClFN8O8S/c1-47(2)14-12-34(39(27-47)32-4-6-35(50)7-5-32)28-56-18-20-57(21-19-56)36-8-10-38(41(25-36)58-30-48(3,61)31-67-46-43(58)24-33-13-17-52-44(33)54-46)45(60)55-68(64,65)37-9-11-40(42(26-37)59(62)63)53-29-49(51)15-22-66-23-16-49/h4-11,13,17,24-26,53,61H,12,14-16,18-23,27-31H2,1-3H3,(H,52,54)(H,55,60)/t48-/m0/s1. The summed E-state index contributed by atoms with van der Waals surface area (Å²) in [5, 5.41) is 28.1. The molecule has 9 rings (SSSR count). The number of hydrogen-bond acceptors (Lipinski definition) is 13.